The Morgan fingerprint density at radius 2 is 2.00 bits per heavy atom. The van der Waals surface area contributed by atoms with Gasteiger partial charge in [0.1, 0.15) is 23.5 Å². The van der Waals surface area contributed by atoms with Crippen LogP contribution in [0.15, 0.2) is 24.5 Å². The van der Waals surface area contributed by atoms with E-state index < -0.39 is 0 Å². The number of aryl methyl sites for hydroxylation is 2. The van der Waals surface area contributed by atoms with Crippen molar-refractivity contribution in [2.45, 2.75) is 13.8 Å². The van der Waals surface area contributed by atoms with E-state index in [9.17, 15) is 0 Å². The maximum absolute atomic E-state index is 6.13. The van der Waals surface area contributed by atoms with E-state index in [1.165, 1.54) is 6.33 Å². The Balaban J connectivity index is 2.08. The number of halogens is 1. The van der Waals surface area contributed by atoms with Gasteiger partial charge < -0.3 is 15.0 Å². The molecule has 0 saturated heterocycles. The maximum Gasteiger partial charge on any atom is 0.143 e. The first-order chi connectivity index (χ1) is 10.1. The molecular formula is C15H15ClN4O. The fraction of sp³-hybridized carbons (Fsp3) is 0.200. The Morgan fingerprint density at radius 3 is 2.76 bits per heavy atom. The highest BCUT2D eigenvalue weighted by Crippen LogP contribution is 2.34. The number of rotatable bonds is 3. The van der Waals surface area contributed by atoms with Crippen molar-refractivity contribution < 1.29 is 4.74 Å². The Morgan fingerprint density at radius 1 is 1.19 bits per heavy atom. The zero-order chi connectivity index (χ0) is 15.0. The number of fused-ring (bicyclic) bond motifs is 1. The van der Waals surface area contributed by atoms with E-state index in [2.05, 4.69) is 20.3 Å². The molecule has 3 aromatic rings. The molecule has 3 rings (SSSR count). The number of nitrogens with one attached hydrogen (secondary N) is 2. The molecule has 0 bridgehead atoms. The molecule has 108 valence electrons. The predicted octanol–water partition coefficient (Wildman–Crippen LogP) is 3.98. The second-order valence-corrected chi connectivity index (χ2v) is 5.27. The average molecular weight is 303 g/mol. The van der Waals surface area contributed by atoms with E-state index in [4.69, 9.17) is 16.3 Å². The first-order valence-corrected chi connectivity index (χ1v) is 6.87. The quantitative estimate of drug-likeness (QED) is 0.768. The Kier molecular flexibility index (Phi) is 3.43. The van der Waals surface area contributed by atoms with E-state index in [-0.39, 0.29) is 0 Å². The van der Waals surface area contributed by atoms with E-state index in [0.29, 0.717) is 10.8 Å². The summed E-state index contributed by atoms with van der Waals surface area (Å²) in [4.78, 5) is 11.7. The lowest BCUT2D eigenvalue weighted by atomic mass is 10.2. The average Bonchev–Trinajstić information content (AvgIpc) is 2.84. The topological polar surface area (TPSA) is 62.8 Å². The lowest BCUT2D eigenvalue weighted by Gasteiger charge is -2.13. The summed E-state index contributed by atoms with van der Waals surface area (Å²) in [6.07, 6.45) is 1.52. The SMILES string of the molecule is COc1cc(Cl)c(C)cc1Nc1ncnc2[nH]c(C)cc12. The summed E-state index contributed by atoms with van der Waals surface area (Å²) < 4.78 is 5.37. The third kappa shape index (κ3) is 2.52. The van der Waals surface area contributed by atoms with Gasteiger partial charge in [-0.3, -0.25) is 0 Å². The van der Waals surface area contributed by atoms with E-state index in [0.717, 1.165) is 33.8 Å². The van der Waals surface area contributed by atoms with Gasteiger partial charge in [0, 0.05) is 16.8 Å². The molecule has 2 heterocycles. The van der Waals surface area contributed by atoms with Crippen molar-refractivity contribution in [2.24, 2.45) is 0 Å². The van der Waals surface area contributed by atoms with Crippen molar-refractivity contribution in [1.29, 1.82) is 0 Å². The van der Waals surface area contributed by atoms with Crippen LogP contribution in [-0.2, 0) is 0 Å². The third-order valence-electron chi connectivity index (χ3n) is 3.29. The van der Waals surface area contributed by atoms with Gasteiger partial charge in [-0.05, 0) is 31.5 Å². The third-order valence-corrected chi connectivity index (χ3v) is 3.70. The number of hydrogen-bond donors (Lipinski definition) is 2. The largest absolute Gasteiger partial charge is 0.495 e. The fourth-order valence-corrected chi connectivity index (χ4v) is 2.38. The van der Waals surface area contributed by atoms with Crippen molar-refractivity contribution in [2.75, 3.05) is 12.4 Å². The zero-order valence-corrected chi connectivity index (χ0v) is 12.7. The molecule has 6 heteroatoms. The molecule has 2 aromatic heterocycles. The van der Waals surface area contributed by atoms with Crippen LogP contribution >= 0.6 is 11.6 Å². The van der Waals surface area contributed by atoms with Crippen LogP contribution in [0.5, 0.6) is 5.75 Å². The van der Waals surface area contributed by atoms with Crippen molar-refractivity contribution in [1.82, 2.24) is 15.0 Å². The molecule has 0 saturated carbocycles. The van der Waals surface area contributed by atoms with Crippen LogP contribution < -0.4 is 10.1 Å². The number of aromatic nitrogens is 3. The molecule has 0 spiro atoms. The number of ether oxygens (including phenoxy) is 1. The van der Waals surface area contributed by atoms with E-state index in [1.807, 2.05) is 26.0 Å². The van der Waals surface area contributed by atoms with Crippen molar-refractivity contribution in [3.63, 3.8) is 0 Å². The van der Waals surface area contributed by atoms with Crippen LogP contribution in [0.4, 0.5) is 11.5 Å². The first-order valence-electron chi connectivity index (χ1n) is 6.50. The van der Waals surface area contributed by atoms with Gasteiger partial charge in [0.15, 0.2) is 0 Å². The van der Waals surface area contributed by atoms with Crippen molar-refractivity contribution in [3.05, 3.63) is 40.8 Å². The van der Waals surface area contributed by atoms with Gasteiger partial charge in [-0.25, -0.2) is 9.97 Å². The van der Waals surface area contributed by atoms with Crippen LogP contribution in [0.25, 0.3) is 11.0 Å². The lowest BCUT2D eigenvalue weighted by Crippen LogP contribution is -1.98. The van der Waals surface area contributed by atoms with Gasteiger partial charge in [-0.1, -0.05) is 11.6 Å². The molecule has 0 aliphatic heterocycles. The van der Waals surface area contributed by atoms with Crippen LogP contribution in [0.3, 0.4) is 0 Å². The minimum absolute atomic E-state index is 0.669. The van der Waals surface area contributed by atoms with Crippen molar-refractivity contribution >= 4 is 34.1 Å². The minimum atomic E-state index is 0.669. The molecule has 21 heavy (non-hydrogen) atoms. The lowest BCUT2D eigenvalue weighted by molar-refractivity contribution is 0.416. The highest BCUT2D eigenvalue weighted by Gasteiger charge is 2.11. The standard InChI is InChI=1S/C15H15ClN4O/c1-8-4-12(13(21-3)6-11(8)16)20-15-10-5-9(2)19-14(10)17-7-18-15/h4-7H,1-3H3,(H2,17,18,19,20). The molecule has 0 atom stereocenters. The van der Waals surface area contributed by atoms with Gasteiger partial charge in [-0.2, -0.15) is 0 Å². The summed E-state index contributed by atoms with van der Waals surface area (Å²) in [5, 5.41) is 4.90. The molecule has 2 N–H and O–H groups in total. The summed E-state index contributed by atoms with van der Waals surface area (Å²) in [6.45, 7) is 3.93. The van der Waals surface area contributed by atoms with Crippen LogP contribution in [-0.4, -0.2) is 22.1 Å². The second-order valence-electron chi connectivity index (χ2n) is 4.86. The number of anilines is 2. The molecule has 0 aliphatic carbocycles. The number of hydrogen-bond acceptors (Lipinski definition) is 4. The smallest absolute Gasteiger partial charge is 0.143 e. The number of methoxy groups -OCH3 is 1. The molecule has 0 unspecified atom stereocenters. The first kappa shape index (κ1) is 13.7. The molecule has 1 aromatic carbocycles. The Labute approximate surface area is 127 Å². The minimum Gasteiger partial charge on any atom is -0.495 e. The summed E-state index contributed by atoms with van der Waals surface area (Å²) in [7, 11) is 1.61. The Bertz CT molecular complexity index is 813. The molecular weight excluding hydrogens is 288 g/mol. The van der Waals surface area contributed by atoms with Gasteiger partial charge >= 0.3 is 0 Å². The Hall–Kier alpha value is -2.27. The second kappa shape index (κ2) is 5.26. The van der Waals surface area contributed by atoms with Crippen LogP contribution in [0.2, 0.25) is 5.02 Å². The van der Waals surface area contributed by atoms with Gasteiger partial charge in [-0.15, -0.1) is 0 Å². The summed E-state index contributed by atoms with van der Waals surface area (Å²) in [5.41, 5.74) is 3.62. The monoisotopic (exact) mass is 302 g/mol. The highest BCUT2D eigenvalue weighted by atomic mass is 35.5. The fourth-order valence-electron chi connectivity index (χ4n) is 2.23. The number of nitrogens with zero attached hydrogens (tertiary/aromatic N) is 2. The summed E-state index contributed by atoms with van der Waals surface area (Å²) >= 11 is 6.13. The molecule has 0 fully saturated rings. The zero-order valence-electron chi connectivity index (χ0n) is 12.0. The van der Waals surface area contributed by atoms with E-state index in [1.54, 1.807) is 13.2 Å². The number of benzene rings is 1. The molecule has 0 amide bonds. The number of aromatic amines is 1. The van der Waals surface area contributed by atoms with Crippen LogP contribution in [0, 0.1) is 13.8 Å². The molecule has 0 aliphatic rings. The van der Waals surface area contributed by atoms with Gasteiger partial charge in [0.25, 0.3) is 0 Å². The van der Waals surface area contributed by atoms with Gasteiger partial charge in [0.05, 0.1) is 18.2 Å². The molecule has 0 radical (unpaired) electrons. The van der Waals surface area contributed by atoms with E-state index >= 15 is 0 Å². The number of H-pyrrole nitrogens is 1. The van der Waals surface area contributed by atoms with Gasteiger partial charge in [0.2, 0.25) is 0 Å². The summed E-state index contributed by atoms with van der Waals surface area (Å²) in [6, 6.07) is 5.74. The van der Waals surface area contributed by atoms with Crippen LogP contribution in [0.1, 0.15) is 11.3 Å². The van der Waals surface area contributed by atoms with Crippen molar-refractivity contribution in [3.8, 4) is 5.75 Å². The maximum atomic E-state index is 6.13. The summed E-state index contributed by atoms with van der Waals surface area (Å²) in [5.74, 6) is 1.40. The normalized spacial score (nSPS) is 10.9. The predicted molar refractivity (Wildman–Crippen MR) is 84.6 cm³/mol. The molecule has 5 nitrogen and oxygen atoms in total. The highest BCUT2D eigenvalue weighted by molar-refractivity contribution is 6.31.